The highest BCUT2D eigenvalue weighted by Crippen LogP contribution is 2.29. The molecule has 6 nitrogen and oxygen atoms in total. The Kier molecular flexibility index (Phi) is 8.91. The average Bonchev–Trinajstić information content (AvgIpc) is 2.46. The van der Waals surface area contributed by atoms with Crippen molar-refractivity contribution in [2.45, 2.75) is 58.9 Å². The third-order valence-corrected chi connectivity index (χ3v) is 5.10. The molecule has 1 aliphatic carbocycles. The van der Waals surface area contributed by atoms with Crippen LogP contribution >= 0.6 is 0 Å². The van der Waals surface area contributed by atoms with Crippen molar-refractivity contribution in [2.75, 3.05) is 25.9 Å². The molecule has 0 radical (unpaired) electrons. The minimum atomic E-state index is -3.10. The molecule has 7 heteroatoms. The van der Waals surface area contributed by atoms with Gasteiger partial charge in [-0.1, -0.05) is 13.8 Å². The maximum Gasteiger partial charge on any atom is 0.208 e. The SMILES string of the molecule is CCNC(=NCCCNS(C)(=O)=O)NC1CCC(C(C)C)CC1. The molecular weight excluding hydrogens is 312 g/mol. The van der Waals surface area contributed by atoms with E-state index in [0.717, 1.165) is 24.3 Å². The molecule has 0 aliphatic heterocycles. The predicted octanol–water partition coefficient (Wildman–Crippen LogP) is 1.70. The molecule has 1 aliphatic rings. The van der Waals surface area contributed by atoms with E-state index < -0.39 is 10.0 Å². The molecule has 0 spiro atoms. The van der Waals surface area contributed by atoms with Crippen molar-refractivity contribution < 1.29 is 8.42 Å². The van der Waals surface area contributed by atoms with E-state index in [0.29, 0.717) is 25.6 Å². The van der Waals surface area contributed by atoms with Gasteiger partial charge in [-0.05, 0) is 50.9 Å². The number of hydrogen-bond donors (Lipinski definition) is 3. The van der Waals surface area contributed by atoms with Gasteiger partial charge in [0.05, 0.1) is 6.26 Å². The average molecular weight is 347 g/mol. The van der Waals surface area contributed by atoms with Crippen molar-refractivity contribution in [1.82, 2.24) is 15.4 Å². The van der Waals surface area contributed by atoms with Crippen molar-refractivity contribution in [3.63, 3.8) is 0 Å². The lowest BCUT2D eigenvalue weighted by Gasteiger charge is -2.32. The summed E-state index contributed by atoms with van der Waals surface area (Å²) in [5.74, 6) is 2.48. The summed E-state index contributed by atoms with van der Waals surface area (Å²) in [6, 6.07) is 0.497. The molecule has 0 aromatic rings. The van der Waals surface area contributed by atoms with Crippen LogP contribution in [0.5, 0.6) is 0 Å². The van der Waals surface area contributed by atoms with Crippen molar-refractivity contribution in [3.05, 3.63) is 0 Å². The third kappa shape index (κ3) is 9.15. The number of nitrogens with zero attached hydrogens (tertiary/aromatic N) is 1. The number of rotatable bonds is 8. The minimum Gasteiger partial charge on any atom is -0.357 e. The highest BCUT2D eigenvalue weighted by molar-refractivity contribution is 7.88. The lowest BCUT2D eigenvalue weighted by molar-refractivity contribution is 0.250. The molecule has 0 unspecified atom stereocenters. The van der Waals surface area contributed by atoms with Crippen LogP contribution in [0.2, 0.25) is 0 Å². The van der Waals surface area contributed by atoms with E-state index in [2.05, 4.69) is 41.1 Å². The molecule has 0 heterocycles. The second-order valence-electron chi connectivity index (χ2n) is 6.78. The van der Waals surface area contributed by atoms with Crippen LogP contribution in [0.1, 0.15) is 52.9 Å². The van der Waals surface area contributed by atoms with Crippen molar-refractivity contribution in [3.8, 4) is 0 Å². The zero-order valence-electron chi connectivity index (χ0n) is 15.1. The number of nitrogens with one attached hydrogen (secondary N) is 3. The molecule has 1 rings (SSSR count). The van der Waals surface area contributed by atoms with E-state index in [1.54, 1.807) is 0 Å². The van der Waals surface area contributed by atoms with E-state index >= 15 is 0 Å². The van der Waals surface area contributed by atoms with Crippen molar-refractivity contribution in [1.29, 1.82) is 0 Å². The first kappa shape index (κ1) is 20.2. The Balaban J connectivity index is 2.35. The summed E-state index contributed by atoms with van der Waals surface area (Å²) >= 11 is 0. The van der Waals surface area contributed by atoms with Crippen molar-refractivity contribution in [2.24, 2.45) is 16.8 Å². The van der Waals surface area contributed by atoms with Crippen molar-refractivity contribution >= 4 is 16.0 Å². The summed E-state index contributed by atoms with van der Waals surface area (Å²) in [7, 11) is -3.10. The molecule has 0 saturated heterocycles. The van der Waals surface area contributed by atoms with Crippen LogP contribution in [0.4, 0.5) is 0 Å². The van der Waals surface area contributed by atoms with Crippen LogP contribution in [0.15, 0.2) is 4.99 Å². The van der Waals surface area contributed by atoms with Gasteiger partial charge in [0.1, 0.15) is 0 Å². The largest absolute Gasteiger partial charge is 0.357 e. The summed E-state index contributed by atoms with van der Waals surface area (Å²) in [5.41, 5.74) is 0. The van der Waals surface area contributed by atoms with Gasteiger partial charge in [-0.2, -0.15) is 0 Å². The van der Waals surface area contributed by atoms with E-state index in [-0.39, 0.29) is 0 Å². The fourth-order valence-electron chi connectivity index (χ4n) is 2.97. The molecule has 1 fully saturated rings. The van der Waals surface area contributed by atoms with E-state index in [1.165, 1.54) is 31.9 Å². The number of hydrogen-bond acceptors (Lipinski definition) is 3. The summed E-state index contributed by atoms with van der Waals surface area (Å²) in [4.78, 5) is 4.54. The Morgan fingerprint density at radius 1 is 1.22 bits per heavy atom. The van der Waals surface area contributed by atoms with Crippen LogP contribution in [0.25, 0.3) is 0 Å². The molecule has 0 aromatic heterocycles. The van der Waals surface area contributed by atoms with Gasteiger partial charge in [0.25, 0.3) is 0 Å². The molecule has 1 saturated carbocycles. The molecule has 0 atom stereocenters. The normalized spacial score (nSPS) is 23.1. The molecule has 3 N–H and O–H groups in total. The van der Waals surface area contributed by atoms with Crippen LogP contribution in [-0.2, 0) is 10.0 Å². The first-order valence-corrected chi connectivity index (χ1v) is 10.7. The maximum absolute atomic E-state index is 11.0. The van der Waals surface area contributed by atoms with Gasteiger partial charge in [-0.15, -0.1) is 0 Å². The Morgan fingerprint density at radius 2 is 1.87 bits per heavy atom. The number of guanidine groups is 1. The maximum atomic E-state index is 11.0. The lowest BCUT2D eigenvalue weighted by atomic mass is 9.80. The van der Waals surface area contributed by atoms with Crippen LogP contribution in [0.3, 0.4) is 0 Å². The smallest absolute Gasteiger partial charge is 0.208 e. The quantitative estimate of drug-likeness (QED) is 0.355. The van der Waals surface area contributed by atoms with Gasteiger partial charge < -0.3 is 10.6 Å². The predicted molar refractivity (Wildman–Crippen MR) is 97.2 cm³/mol. The van der Waals surface area contributed by atoms with E-state index in [4.69, 9.17) is 0 Å². The fourth-order valence-corrected chi connectivity index (χ4v) is 3.49. The van der Waals surface area contributed by atoms with Gasteiger partial charge in [0.15, 0.2) is 5.96 Å². The molecule has 0 amide bonds. The van der Waals surface area contributed by atoms with Gasteiger partial charge in [0.2, 0.25) is 10.0 Å². The van der Waals surface area contributed by atoms with Gasteiger partial charge in [-0.25, -0.2) is 13.1 Å². The zero-order valence-corrected chi connectivity index (χ0v) is 15.9. The van der Waals surface area contributed by atoms with Crippen LogP contribution < -0.4 is 15.4 Å². The first-order valence-electron chi connectivity index (χ1n) is 8.81. The highest BCUT2D eigenvalue weighted by Gasteiger charge is 2.23. The van der Waals surface area contributed by atoms with Crippen LogP contribution in [0, 0.1) is 11.8 Å². The second kappa shape index (κ2) is 10.1. The third-order valence-electron chi connectivity index (χ3n) is 4.37. The topological polar surface area (TPSA) is 82.6 Å². The summed E-state index contributed by atoms with van der Waals surface area (Å²) in [6.07, 6.45) is 6.84. The summed E-state index contributed by atoms with van der Waals surface area (Å²) in [6.45, 7) is 8.55. The molecular formula is C16H34N4O2S. The van der Waals surface area contributed by atoms with Gasteiger partial charge in [0, 0.05) is 25.7 Å². The van der Waals surface area contributed by atoms with Gasteiger partial charge >= 0.3 is 0 Å². The first-order chi connectivity index (χ1) is 10.8. The Morgan fingerprint density at radius 3 is 2.39 bits per heavy atom. The monoisotopic (exact) mass is 346 g/mol. The molecule has 0 aromatic carbocycles. The fraction of sp³-hybridized carbons (Fsp3) is 0.938. The lowest BCUT2D eigenvalue weighted by Crippen LogP contribution is -2.45. The van der Waals surface area contributed by atoms with Gasteiger partial charge in [-0.3, -0.25) is 4.99 Å². The Hall–Kier alpha value is -0.820. The highest BCUT2D eigenvalue weighted by atomic mass is 32.2. The van der Waals surface area contributed by atoms with Crippen LogP contribution in [-0.4, -0.2) is 46.3 Å². The second-order valence-corrected chi connectivity index (χ2v) is 8.61. The Bertz CT molecular complexity index is 455. The number of sulfonamides is 1. The standard InChI is InChI=1S/C16H34N4O2S/c1-5-17-16(18-11-6-12-19-23(4,21)22)20-15-9-7-14(8-10-15)13(2)3/h13-15,19H,5-12H2,1-4H3,(H2,17,18,20). The zero-order chi connectivity index (χ0) is 17.3. The van der Waals surface area contributed by atoms with E-state index in [9.17, 15) is 8.42 Å². The molecule has 0 bridgehead atoms. The minimum absolute atomic E-state index is 0.432. The summed E-state index contributed by atoms with van der Waals surface area (Å²) in [5, 5.41) is 6.79. The number of aliphatic imine (C=N–C) groups is 1. The van der Waals surface area contributed by atoms with E-state index in [1.807, 2.05) is 0 Å². The Labute approximate surface area is 142 Å². The summed E-state index contributed by atoms with van der Waals surface area (Å²) < 4.78 is 24.5. The molecule has 136 valence electrons. The molecule has 23 heavy (non-hydrogen) atoms.